The number of hydrogen-bond acceptors (Lipinski definition) is 4. The van der Waals surface area contributed by atoms with Gasteiger partial charge in [-0.2, -0.15) is 0 Å². The van der Waals surface area contributed by atoms with Gasteiger partial charge in [-0.1, -0.05) is 12.2 Å². The molecule has 0 saturated carbocycles. The van der Waals surface area contributed by atoms with Gasteiger partial charge in [0.1, 0.15) is 11.5 Å². The zero-order chi connectivity index (χ0) is 16.4. The zero-order valence-corrected chi connectivity index (χ0v) is 12.8. The van der Waals surface area contributed by atoms with Crippen molar-refractivity contribution >= 4 is 12.0 Å². The lowest BCUT2D eigenvalue weighted by atomic mass is 9.94. The molecule has 4 N–H and O–H groups in total. The van der Waals surface area contributed by atoms with Crippen LogP contribution in [0.2, 0.25) is 0 Å². The molecule has 5 nitrogen and oxygen atoms in total. The maximum atomic E-state index is 10.5. The largest absolute Gasteiger partial charge is 0.507 e. The molecule has 0 radical (unpaired) electrons. The van der Waals surface area contributed by atoms with Crippen LogP contribution >= 0.6 is 0 Å². The second kappa shape index (κ2) is 6.18. The summed E-state index contributed by atoms with van der Waals surface area (Å²) in [6.07, 6.45) is 2.86. The number of phenols is 2. The number of carboxylic acid groups (broad SMARTS) is 1. The van der Waals surface area contributed by atoms with Crippen molar-refractivity contribution < 1.29 is 25.2 Å². The number of carbonyl (C=O) groups is 1. The Kier molecular flexibility index (Phi) is 5.01. The van der Waals surface area contributed by atoms with Crippen LogP contribution in [0.5, 0.6) is 11.5 Å². The van der Waals surface area contributed by atoms with Crippen LogP contribution in [0, 0.1) is 20.8 Å². The summed E-state index contributed by atoms with van der Waals surface area (Å²) in [5.74, 6) is -0.824. The van der Waals surface area contributed by atoms with Gasteiger partial charge in [0, 0.05) is 17.5 Å². The molecule has 0 saturated heterocycles. The van der Waals surface area contributed by atoms with Crippen molar-refractivity contribution in [2.75, 3.05) is 0 Å². The predicted molar refractivity (Wildman–Crippen MR) is 80.5 cm³/mol. The summed E-state index contributed by atoms with van der Waals surface area (Å²) in [6.45, 7) is 6.59. The van der Waals surface area contributed by atoms with E-state index in [-0.39, 0.29) is 24.3 Å². The van der Waals surface area contributed by atoms with Crippen LogP contribution in [0.4, 0.5) is 0 Å². The van der Waals surface area contributed by atoms with E-state index in [1.54, 1.807) is 20.8 Å². The van der Waals surface area contributed by atoms with Gasteiger partial charge in [0.05, 0.1) is 5.60 Å². The van der Waals surface area contributed by atoms with Crippen molar-refractivity contribution in [3.63, 3.8) is 0 Å². The Bertz CT molecular complexity index is 556. The number of aliphatic hydroxyl groups is 1. The minimum absolute atomic E-state index is 0.0492. The lowest BCUT2D eigenvalue weighted by molar-refractivity contribution is -0.138. The van der Waals surface area contributed by atoms with E-state index in [1.807, 2.05) is 0 Å². The van der Waals surface area contributed by atoms with Gasteiger partial charge in [-0.05, 0) is 45.2 Å². The van der Waals surface area contributed by atoms with Crippen LogP contribution in [0.15, 0.2) is 6.08 Å². The molecule has 0 bridgehead atoms. The molecular formula is C16H22O5. The fourth-order valence-electron chi connectivity index (χ4n) is 2.05. The average molecular weight is 294 g/mol. The van der Waals surface area contributed by atoms with Crippen molar-refractivity contribution in [2.45, 2.75) is 46.1 Å². The molecule has 5 heteroatoms. The van der Waals surface area contributed by atoms with Crippen LogP contribution in [0.25, 0.3) is 6.08 Å². The van der Waals surface area contributed by atoms with Crippen molar-refractivity contribution in [2.24, 2.45) is 0 Å². The molecule has 1 rings (SSSR count). The number of rotatable bonds is 5. The first-order valence-electron chi connectivity index (χ1n) is 6.72. The van der Waals surface area contributed by atoms with Crippen molar-refractivity contribution in [3.05, 3.63) is 28.3 Å². The summed E-state index contributed by atoms with van der Waals surface area (Å²) in [6, 6.07) is 0. The molecule has 0 aromatic heterocycles. The summed E-state index contributed by atoms with van der Waals surface area (Å²) in [5, 5.41) is 38.9. The fourth-order valence-corrected chi connectivity index (χ4v) is 2.05. The molecule has 1 atom stereocenters. The molecule has 1 aromatic rings. The lowest BCUT2D eigenvalue weighted by Crippen LogP contribution is -2.21. The molecule has 0 aliphatic heterocycles. The Labute approximate surface area is 124 Å². The molecule has 0 aliphatic carbocycles. The van der Waals surface area contributed by atoms with Gasteiger partial charge >= 0.3 is 5.97 Å². The number of phenolic OH excluding ortho intramolecular Hbond substituents is 2. The Morgan fingerprint density at radius 1 is 1.10 bits per heavy atom. The third-order valence-electron chi connectivity index (χ3n) is 3.74. The smallest absolute Gasteiger partial charge is 0.303 e. The molecular weight excluding hydrogens is 272 g/mol. The Balaban J connectivity index is 3.13. The zero-order valence-electron chi connectivity index (χ0n) is 12.8. The molecule has 21 heavy (non-hydrogen) atoms. The fraction of sp³-hybridized carbons (Fsp3) is 0.438. The number of aromatic hydroxyl groups is 2. The van der Waals surface area contributed by atoms with E-state index in [1.165, 1.54) is 19.1 Å². The molecule has 0 aliphatic rings. The van der Waals surface area contributed by atoms with Crippen LogP contribution < -0.4 is 0 Å². The van der Waals surface area contributed by atoms with Crippen molar-refractivity contribution in [1.82, 2.24) is 0 Å². The SMILES string of the molecule is Cc1c(C)c(O)c(/C=C/C(C)(O)CCC(=O)O)c(C)c1O. The molecule has 0 spiro atoms. The third kappa shape index (κ3) is 3.98. The number of benzene rings is 1. The Hall–Kier alpha value is -2.01. The predicted octanol–water partition coefficient (Wildman–Crippen LogP) is 2.65. The van der Waals surface area contributed by atoms with E-state index in [4.69, 9.17) is 5.11 Å². The summed E-state index contributed by atoms with van der Waals surface area (Å²) < 4.78 is 0. The monoisotopic (exact) mass is 294 g/mol. The highest BCUT2D eigenvalue weighted by molar-refractivity contribution is 5.69. The highest BCUT2D eigenvalue weighted by Crippen LogP contribution is 2.37. The van der Waals surface area contributed by atoms with Gasteiger partial charge in [0.15, 0.2) is 0 Å². The number of aliphatic carboxylic acids is 1. The second-order valence-electron chi connectivity index (χ2n) is 5.57. The first-order chi connectivity index (χ1) is 9.57. The summed E-state index contributed by atoms with van der Waals surface area (Å²) in [7, 11) is 0. The maximum absolute atomic E-state index is 10.5. The van der Waals surface area contributed by atoms with Crippen LogP contribution in [0.3, 0.4) is 0 Å². The minimum atomic E-state index is -1.30. The van der Waals surface area contributed by atoms with E-state index in [0.717, 1.165) is 0 Å². The van der Waals surface area contributed by atoms with E-state index >= 15 is 0 Å². The van der Waals surface area contributed by atoms with Crippen molar-refractivity contribution in [3.8, 4) is 11.5 Å². The van der Waals surface area contributed by atoms with Gasteiger partial charge in [0.2, 0.25) is 0 Å². The van der Waals surface area contributed by atoms with E-state index in [2.05, 4.69) is 0 Å². The second-order valence-corrected chi connectivity index (χ2v) is 5.57. The van der Waals surface area contributed by atoms with Crippen LogP contribution in [-0.2, 0) is 4.79 Å². The third-order valence-corrected chi connectivity index (χ3v) is 3.74. The standard InChI is InChI=1S/C16H22O5/c1-9-10(2)15(20)12(11(3)14(9)19)5-7-16(4,21)8-6-13(17)18/h5,7,19-21H,6,8H2,1-4H3,(H,17,18)/b7-5+. The Morgan fingerprint density at radius 3 is 2.14 bits per heavy atom. The van der Waals surface area contributed by atoms with Gasteiger partial charge < -0.3 is 20.4 Å². The minimum Gasteiger partial charge on any atom is -0.507 e. The van der Waals surface area contributed by atoms with Crippen LogP contribution in [-0.4, -0.2) is 32.0 Å². The first kappa shape index (κ1) is 17.0. The normalized spacial score (nSPS) is 14.3. The summed E-state index contributed by atoms with van der Waals surface area (Å²) >= 11 is 0. The summed E-state index contributed by atoms with van der Waals surface area (Å²) in [5.41, 5.74) is 0.820. The molecule has 0 amide bonds. The summed E-state index contributed by atoms with van der Waals surface area (Å²) in [4.78, 5) is 10.5. The first-order valence-corrected chi connectivity index (χ1v) is 6.72. The lowest BCUT2D eigenvalue weighted by Gasteiger charge is -2.19. The number of carboxylic acids is 1. The van der Waals surface area contributed by atoms with Gasteiger partial charge in [-0.15, -0.1) is 0 Å². The number of hydrogen-bond donors (Lipinski definition) is 4. The van der Waals surface area contributed by atoms with Gasteiger partial charge in [0.25, 0.3) is 0 Å². The topological polar surface area (TPSA) is 98.0 Å². The quantitative estimate of drug-likeness (QED) is 0.626. The van der Waals surface area contributed by atoms with Gasteiger partial charge in [-0.25, -0.2) is 0 Å². The molecule has 116 valence electrons. The highest BCUT2D eigenvalue weighted by atomic mass is 16.4. The molecule has 1 unspecified atom stereocenters. The van der Waals surface area contributed by atoms with E-state index in [9.17, 15) is 20.1 Å². The van der Waals surface area contributed by atoms with E-state index in [0.29, 0.717) is 22.3 Å². The maximum Gasteiger partial charge on any atom is 0.303 e. The average Bonchev–Trinajstić information content (AvgIpc) is 2.41. The van der Waals surface area contributed by atoms with Crippen molar-refractivity contribution in [1.29, 1.82) is 0 Å². The molecule has 0 fully saturated rings. The molecule has 0 heterocycles. The highest BCUT2D eigenvalue weighted by Gasteiger charge is 2.19. The van der Waals surface area contributed by atoms with Crippen LogP contribution in [0.1, 0.15) is 42.0 Å². The van der Waals surface area contributed by atoms with Gasteiger partial charge in [-0.3, -0.25) is 4.79 Å². The van der Waals surface area contributed by atoms with E-state index < -0.39 is 11.6 Å². The Morgan fingerprint density at radius 2 is 1.62 bits per heavy atom. The molecule has 1 aromatic carbocycles.